The van der Waals surface area contributed by atoms with Crippen LogP contribution in [0.5, 0.6) is 11.5 Å². The molecule has 1 unspecified atom stereocenters. The highest BCUT2D eigenvalue weighted by atomic mass is 35.5. The van der Waals surface area contributed by atoms with E-state index < -0.39 is 47.4 Å². The Morgan fingerprint density at radius 2 is 1.59 bits per heavy atom. The number of amides is 1. The van der Waals surface area contributed by atoms with Crippen molar-refractivity contribution >= 4 is 23.5 Å². The van der Waals surface area contributed by atoms with Gasteiger partial charge in [-0.15, -0.1) is 0 Å². The lowest BCUT2D eigenvalue weighted by Gasteiger charge is -2.35. The van der Waals surface area contributed by atoms with Gasteiger partial charge in [-0.2, -0.15) is 0 Å². The summed E-state index contributed by atoms with van der Waals surface area (Å²) in [5, 5.41) is 14.9. The second kappa shape index (κ2) is 13.2. The minimum Gasteiger partial charge on any atom is -0.496 e. The maximum Gasteiger partial charge on any atom is 0.326 e. The van der Waals surface area contributed by atoms with Crippen molar-refractivity contribution in [2.75, 3.05) is 7.11 Å². The number of methoxy groups -OCH3 is 1. The molecule has 0 aromatic heterocycles. The molecule has 7 nitrogen and oxygen atoms in total. The number of benzene rings is 3. The number of rotatable bonds is 9. The highest BCUT2D eigenvalue weighted by Crippen LogP contribution is 2.48. The van der Waals surface area contributed by atoms with E-state index in [-0.39, 0.29) is 5.41 Å². The molecule has 44 heavy (non-hydrogen) atoms. The zero-order valence-corrected chi connectivity index (χ0v) is 27.7. The number of hydrogen-bond acceptors (Lipinski definition) is 5. The Morgan fingerprint density at radius 3 is 2.16 bits per heavy atom. The lowest BCUT2D eigenvalue weighted by molar-refractivity contribution is -0.155. The molecule has 8 heteroatoms. The van der Waals surface area contributed by atoms with E-state index in [4.69, 9.17) is 21.1 Å². The molecule has 0 bridgehead atoms. The highest BCUT2D eigenvalue weighted by Gasteiger charge is 2.58. The van der Waals surface area contributed by atoms with Gasteiger partial charge in [-0.3, -0.25) is 4.79 Å². The van der Waals surface area contributed by atoms with Gasteiger partial charge in [0.2, 0.25) is 0 Å². The number of halogens is 1. The summed E-state index contributed by atoms with van der Waals surface area (Å²) in [5.41, 5.74) is 2.43. The fourth-order valence-corrected chi connectivity index (χ4v) is 6.51. The molecule has 1 saturated heterocycles. The first-order chi connectivity index (χ1) is 20.6. The molecule has 4 rings (SSSR count). The Kier molecular flexibility index (Phi) is 10.0. The third kappa shape index (κ3) is 7.05. The Balaban J connectivity index is 1.81. The average Bonchev–Trinajstić information content (AvgIpc) is 3.32. The summed E-state index contributed by atoms with van der Waals surface area (Å²) >= 11 is 6.34. The molecule has 0 aliphatic carbocycles. The average molecular weight is 621 g/mol. The van der Waals surface area contributed by atoms with Crippen molar-refractivity contribution in [3.8, 4) is 11.5 Å². The van der Waals surface area contributed by atoms with Crippen molar-refractivity contribution in [2.24, 2.45) is 11.3 Å². The van der Waals surface area contributed by atoms with Crippen molar-refractivity contribution in [3.63, 3.8) is 0 Å². The van der Waals surface area contributed by atoms with Crippen LogP contribution >= 0.6 is 11.6 Å². The van der Waals surface area contributed by atoms with E-state index in [2.05, 4.69) is 38.2 Å². The summed E-state index contributed by atoms with van der Waals surface area (Å²) in [6.45, 7) is 14.6. The maximum atomic E-state index is 14.4. The second-order valence-electron chi connectivity index (χ2n) is 13.6. The van der Waals surface area contributed by atoms with Gasteiger partial charge in [0.05, 0.1) is 18.2 Å². The van der Waals surface area contributed by atoms with Gasteiger partial charge in [0, 0.05) is 24.1 Å². The van der Waals surface area contributed by atoms with Gasteiger partial charge in [0.15, 0.2) is 6.10 Å². The van der Waals surface area contributed by atoms with Crippen LogP contribution in [0.3, 0.4) is 0 Å². The van der Waals surface area contributed by atoms with E-state index in [1.165, 1.54) is 10.5 Å². The number of hydrogen-bond donors (Lipinski definition) is 2. The predicted octanol–water partition coefficient (Wildman–Crippen LogP) is 7.27. The zero-order chi connectivity index (χ0) is 32.4. The van der Waals surface area contributed by atoms with Crippen LogP contribution in [-0.4, -0.2) is 47.2 Å². The minimum absolute atomic E-state index is 0.0652. The molecular formula is C36H45ClN2O5. The first kappa shape index (κ1) is 33.3. The monoisotopic (exact) mass is 620 g/mol. The molecule has 1 aliphatic heterocycles. The van der Waals surface area contributed by atoms with Crippen LogP contribution < -0.4 is 14.8 Å². The molecule has 3 aromatic carbocycles. The summed E-state index contributed by atoms with van der Waals surface area (Å²) in [5.74, 6) is -0.807. The third-order valence-electron chi connectivity index (χ3n) is 8.48. The number of carbonyl (C=O) groups is 2. The Labute approximate surface area is 266 Å². The van der Waals surface area contributed by atoms with Gasteiger partial charge in [0.1, 0.15) is 17.5 Å². The first-order valence-corrected chi connectivity index (χ1v) is 15.4. The van der Waals surface area contributed by atoms with Crippen LogP contribution in [0.2, 0.25) is 5.02 Å². The van der Waals surface area contributed by atoms with Gasteiger partial charge in [-0.25, -0.2) is 4.79 Å². The summed E-state index contributed by atoms with van der Waals surface area (Å²) in [6, 6.07) is 20.7. The lowest BCUT2D eigenvalue weighted by Crippen LogP contribution is -2.50. The molecule has 2 N–H and O–H groups in total. The van der Waals surface area contributed by atoms with Crippen LogP contribution in [0.15, 0.2) is 72.8 Å². The number of carbonyl (C=O) groups excluding carboxylic acids is 1. The van der Waals surface area contributed by atoms with Crippen LogP contribution in [-0.2, 0) is 21.5 Å². The molecule has 1 heterocycles. The maximum absolute atomic E-state index is 14.4. The first-order valence-electron chi connectivity index (χ1n) is 15.1. The molecule has 0 spiro atoms. The third-order valence-corrected chi connectivity index (χ3v) is 8.79. The molecule has 5 atom stereocenters. The van der Waals surface area contributed by atoms with Gasteiger partial charge in [-0.1, -0.05) is 108 Å². The number of nitrogens with one attached hydrogen (secondary N) is 1. The van der Waals surface area contributed by atoms with Crippen LogP contribution in [0, 0.1) is 11.3 Å². The molecule has 0 saturated carbocycles. The number of ether oxygens (including phenoxy) is 2. The molecular weight excluding hydrogens is 576 g/mol. The summed E-state index contributed by atoms with van der Waals surface area (Å²) in [7, 11) is 1.65. The van der Waals surface area contributed by atoms with Crippen molar-refractivity contribution in [2.45, 2.75) is 84.7 Å². The number of carboxylic acids is 1. The summed E-state index contributed by atoms with van der Waals surface area (Å²) < 4.78 is 11.8. The standard InChI is InChI=1S/C36H45ClN2O5/c1-22(44-28-17-13-12-16-26(28)37)33(40)39-31(23-14-10-9-11-15-23)30(29(36(5,6)7)32(39)34(41)42)38-21-24-20-25(35(2,3)4)18-19-27(24)43-8/h9-20,22,29-32,38H,21H2,1-8H3,(H,41,42)/t22?,29-,30-,31-,32-/m0/s1. The van der Waals surface area contributed by atoms with Gasteiger partial charge in [-0.05, 0) is 47.1 Å². The number of para-hydroxylation sites is 1. The summed E-state index contributed by atoms with van der Waals surface area (Å²) in [6.07, 6.45) is -0.981. The Bertz CT molecular complexity index is 1460. The Hall–Kier alpha value is -3.55. The number of carboxylic acid groups (broad SMARTS) is 1. The Morgan fingerprint density at radius 1 is 0.955 bits per heavy atom. The topological polar surface area (TPSA) is 88.1 Å². The largest absolute Gasteiger partial charge is 0.496 e. The second-order valence-corrected chi connectivity index (χ2v) is 14.1. The van der Waals surface area contributed by atoms with E-state index in [1.807, 2.05) is 57.2 Å². The highest BCUT2D eigenvalue weighted by molar-refractivity contribution is 6.32. The quantitative estimate of drug-likeness (QED) is 0.262. The SMILES string of the molecule is COc1ccc(C(C)(C)C)cc1CN[C@H]1[C@H](C(C)(C)C)[C@@H](C(=O)O)N(C(=O)C(C)Oc2ccccc2Cl)[C@H]1c1ccccc1. The number of aliphatic carboxylic acids is 1. The van der Waals surface area contributed by atoms with Gasteiger partial charge >= 0.3 is 5.97 Å². The lowest BCUT2D eigenvalue weighted by atomic mass is 9.72. The fourth-order valence-electron chi connectivity index (χ4n) is 6.33. The van der Waals surface area contributed by atoms with Crippen molar-refractivity contribution in [1.82, 2.24) is 10.2 Å². The van der Waals surface area contributed by atoms with Crippen molar-refractivity contribution in [3.05, 3.63) is 94.5 Å². The zero-order valence-electron chi connectivity index (χ0n) is 26.9. The van der Waals surface area contributed by atoms with Crippen LogP contribution in [0.1, 0.15) is 71.2 Å². The smallest absolute Gasteiger partial charge is 0.326 e. The summed E-state index contributed by atoms with van der Waals surface area (Å²) in [4.78, 5) is 29.0. The van der Waals surface area contributed by atoms with Gasteiger partial charge in [0.25, 0.3) is 5.91 Å². The van der Waals surface area contributed by atoms with Crippen LogP contribution in [0.25, 0.3) is 0 Å². The van der Waals surface area contributed by atoms with E-state index >= 15 is 0 Å². The fraction of sp³-hybridized carbons (Fsp3) is 0.444. The number of likely N-dealkylation sites (tertiary alicyclic amines) is 1. The molecule has 1 fully saturated rings. The molecule has 1 amide bonds. The molecule has 1 aliphatic rings. The van der Waals surface area contributed by atoms with E-state index in [1.54, 1.807) is 38.3 Å². The molecule has 3 aromatic rings. The van der Waals surface area contributed by atoms with E-state index in [0.29, 0.717) is 17.3 Å². The molecule has 236 valence electrons. The minimum atomic E-state index is -1.11. The van der Waals surface area contributed by atoms with E-state index in [9.17, 15) is 14.7 Å². The van der Waals surface area contributed by atoms with E-state index in [0.717, 1.165) is 16.9 Å². The normalized spacial score (nSPS) is 21.2. The van der Waals surface area contributed by atoms with Crippen LogP contribution in [0.4, 0.5) is 0 Å². The van der Waals surface area contributed by atoms with Crippen molar-refractivity contribution in [1.29, 1.82) is 0 Å². The number of nitrogens with zero attached hydrogens (tertiary/aromatic N) is 1. The van der Waals surface area contributed by atoms with Gasteiger partial charge < -0.3 is 24.8 Å². The molecule has 0 radical (unpaired) electrons. The van der Waals surface area contributed by atoms with Crippen molar-refractivity contribution < 1.29 is 24.2 Å². The predicted molar refractivity (Wildman–Crippen MR) is 174 cm³/mol.